The minimum absolute atomic E-state index is 0.0562. The van der Waals surface area contributed by atoms with Crippen LogP contribution in [0.4, 0.5) is 0 Å². The molecule has 1 aliphatic rings. The van der Waals surface area contributed by atoms with Gasteiger partial charge in [-0.25, -0.2) is 0 Å². The van der Waals surface area contributed by atoms with Crippen LogP contribution in [0, 0.1) is 0 Å². The molecule has 2 aromatic rings. The number of benzene rings is 2. The highest BCUT2D eigenvalue weighted by Gasteiger charge is 2.33. The Bertz CT molecular complexity index is 632. The highest BCUT2D eigenvalue weighted by molar-refractivity contribution is 5.84. The number of carbonyl (C=O) groups excluding carboxylic acids is 1. The largest absolute Gasteiger partial charge is 0.334 e. The summed E-state index contributed by atoms with van der Waals surface area (Å²) < 4.78 is 0. The van der Waals surface area contributed by atoms with Crippen LogP contribution >= 0.6 is 0 Å². The maximum atomic E-state index is 12.2. The standard InChI is InChI=1S/C17H20N2O/c1-12(18)17(20)19(16-8-9-16)11-13-6-7-14-4-2-3-5-15(14)10-13/h2-7,10,12,16H,8-9,11,18H2,1H3/t12-/m1/s1. The molecule has 2 aromatic carbocycles. The molecule has 0 spiro atoms. The SMILES string of the molecule is C[C@@H](N)C(=O)N(Cc1ccc2ccccc2c1)C1CC1. The van der Waals surface area contributed by atoms with Gasteiger partial charge in [-0.2, -0.15) is 0 Å². The minimum Gasteiger partial charge on any atom is -0.334 e. The van der Waals surface area contributed by atoms with E-state index in [4.69, 9.17) is 5.73 Å². The lowest BCUT2D eigenvalue weighted by atomic mass is 10.1. The molecule has 0 radical (unpaired) electrons. The molecule has 3 heteroatoms. The maximum Gasteiger partial charge on any atom is 0.239 e. The van der Waals surface area contributed by atoms with Gasteiger partial charge in [0.1, 0.15) is 0 Å². The van der Waals surface area contributed by atoms with Crippen molar-refractivity contribution in [2.45, 2.75) is 38.4 Å². The van der Waals surface area contributed by atoms with Crippen LogP contribution in [-0.2, 0) is 11.3 Å². The van der Waals surface area contributed by atoms with Gasteiger partial charge in [0.05, 0.1) is 6.04 Å². The van der Waals surface area contributed by atoms with E-state index < -0.39 is 6.04 Å². The van der Waals surface area contributed by atoms with Crippen molar-refractivity contribution in [2.75, 3.05) is 0 Å². The zero-order valence-electron chi connectivity index (χ0n) is 11.8. The number of hydrogen-bond acceptors (Lipinski definition) is 2. The lowest BCUT2D eigenvalue weighted by Crippen LogP contribution is -2.42. The first-order valence-electron chi connectivity index (χ1n) is 7.19. The zero-order chi connectivity index (χ0) is 14.1. The van der Waals surface area contributed by atoms with Crippen molar-refractivity contribution < 1.29 is 4.79 Å². The highest BCUT2D eigenvalue weighted by Crippen LogP contribution is 2.29. The monoisotopic (exact) mass is 268 g/mol. The molecule has 0 bridgehead atoms. The van der Waals surface area contributed by atoms with Gasteiger partial charge in [0.15, 0.2) is 0 Å². The smallest absolute Gasteiger partial charge is 0.239 e. The number of fused-ring (bicyclic) bond motifs is 1. The molecule has 0 saturated heterocycles. The van der Waals surface area contributed by atoms with Gasteiger partial charge in [-0.3, -0.25) is 4.79 Å². The third kappa shape index (κ3) is 2.68. The second-order valence-corrected chi connectivity index (χ2v) is 5.67. The van der Waals surface area contributed by atoms with Crippen molar-refractivity contribution in [3.63, 3.8) is 0 Å². The Kier molecular flexibility index (Phi) is 3.45. The summed E-state index contributed by atoms with van der Waals surface area (Å²) in [5.74, 6) is 0.0562. The van der Waals surface area contributed by atoms with Crippen molar-refractivity contribution in [2.24, 2.45) is 5.73 Å². The predicted octanol–water partition coefficient (Wildman–Crippen LogP) is 2.68. The molecule has 0 heterocycles. The van der Waals surface area contributed by atoms with Gasteiger partial charge in [-0.1, -0.05) is 36.4 Å². The van der Waals surface area contributed by atoms with E-state index in [9.17, 15) is 4.79 Å². The van der Waals surface area contributed by atoms with Crippen molar-refractivity contribution in [1.82, 2.24) is 4.90 Å². The van der Waals surface area contributed by atoms with Gasteiger partial charge in [-0.05, 0) is 42.2 Å². The number of nitrogens with zero attached hydrogens (tertiary/aromatic N) is 1. The Morgan fingerprint density at radius 1 is 1.25 bits per heavy atom. The third-order valence-electron chi connectivity index (χ3n) is 3.83. The Hall–Kier alpha value is -1.87. The molecule has 3 nitrogen and oxygen atoms in total. The van der Waals surface area contributed by atoms with Crippen LogP contribution in [0.2, 0.25) is 0 Å². The molecule has 3 rings (SSSR count). The average molecular weight is 268 g/mol. The quantitative estimate of drug-likeness (QED) is 0.926. The van der Waals surface area contributed by atoms with Crippen LogP contribution in [0.25, 0.3) is 10.8 Å². The summed E-state index contributed by atoms with van der Waals surface area (Å²) >= 11 is 0. The molecule has 1 fully saturated rings. The molecular formula is C17H20N2O. The van der Waals surface area contributed by atoms with Crippen molar-refractivity contribution >= 4 is 16.7 Å². The Morgan fingerprint density at radius 2 is 1.95 bits per heavy atom. The fourth-order valence-electron chi connectivity index (χ4n) is 2.57. The fraction of sp³-hybridized carbons (Fsp3) is 0.353. The second kappa shape index (κ2) is 5.25. The molecule has 1 atom stereocenters. The zero-order valence-corrected chi connectivity index (χ0v) is 11.8. The molecule has 20 heavy (non-hydrogen) atoms. The number of amides is 1. The van der Waals surface area contributed by atoms with Crippen LogP contribution in [-0.4, -0.2) is 22.9 Å². The molecule has 0 aromatic heterocycles. The lowest BCUT2D eigenvalue weighted by molar-refractivity contribution is -0.133. The summed E-state index contributed by atoms with van der Waals surface area (Å²) in [6.45, 7) is 2.42. The molecule has 104 valence electrons. The molecule has 1 aliphatic carbocycles. The van der Waals surface area contributed by atoms with Crippen molar-refractivity contribution in [1.29, 1.82) is 0 Å². The van der Waals surface area contributed by atoms with Gasteiger partial charge in [-0.15, -0.1) is 0 Å². The molecular weight excluding hydrogens is 248 g/mol. The molecule has 0 aliphatic heterocycles. The van der Waals surface area contributed by atoms with Crippen LogP contribution in [0.5, 0.6) is 0 Å². The van der Waals surface area contributed by atoms with E-state index in [1.54, 1.807) is 6.92 Å². The van der Waals surface area contributed by atoms with E-state index >= 15 is 0 Å². The van der Waals surface area contributed by atoms with Crippen molar-refractivity contribution in [3.05, 3.63) is 48.0 Å². The lowest BCUT2D eigenvalue weighted by Gasteiger charge is -2.24. The van der Waals surface area contributed by atoms with E-state index in [-0.39, 0.29) is 5.91 Å². The van der Waals surface area contributed by atoms with Gasteiger partial charge in [0, 0.05) is 12.6 Å². The highest BCUT2D eigenvalue weighted by atomic mass is 16.2. The van der Waals surface area contributed by atoms with E-state index in [1.165, 1.54) is 16.3 Å². The number of rotatable bonds is 4. The Morgan fingerprint density at radius 3 is 2.60 bits per heavy atom. The van der Waals surface area contributed by atoms with E-state index in [2.05, 4.69) is 30.3 Å². The Balaban J connectivity index is 1.84. The topological polar surface area (TPSA) is 46.3 Å². The summed E-state index contributed by atoms with van der Waals surface area (Å²) in [7, 11) is 0. The normalized spacial score (nSPS) is 16.1. The number of nitrogens with two attached hydrogens (primary N) is 1. The third-order valence-corrected chi connectivity index (χ3v) is 3.83. The van der Waals surface area contributed by atoms with E-state index in [0.29, 0.717) is 12.6 Å². The van der Waals surface area contributed by atoms with Crippen LogP contribution in [0.3, 0.4) is 0 Å². The molecule has 0 unspecified atom stereocenters. The van der Waals surface area contributed by atoms with Crippen LogP contribution < -0.4 is 5.73 Å². The van der Waals surface area contributed by atoms with Gasteiger partial charge >= 0.3 is 0 Å². The molecule has 2 N–H and O–H groups in total. The summed E-state index contributed by atoms with van der Waals surface area (Å²) in [6, 6.07) is 14.6. The molecule has 1 amide bonds. The summed E-state index contributed by atoms with van der Waals surface area (Å²) in [5, 5.41) is 2.45. The van der Waals surface area contributed by atoms with Gasteiger partial charge in [0.25, 0.3) is 0 Å². The number of carbonyl (C=O) groups is 1. The minimum atomic E-state index is -0.420. The predicted molar refractivity (Wildman–Crippen MR) is 81.2 cm³/mol. The maximum absolute atomic E-state index is 12.2. The first kappa shape index (κ1) is 13.1. The second-order valence-electron chi connectivity index (χ2n) is 5.67. The summed E-state index contributed by atoms with van der Waals surface area (Å²) in [5.41, 5.74) is 6.93. The van der Waals surface area contributed by atoms with E-state index in [0.717, 1.165) is 12.8 Å². The van der Waals surface area contributed by atoms with Crippen molar-refractivity contribution in [3.8, 4) is 0 Å². The van der Waals surface area contributed by atoms with Gasteiger partial charge < -0.3 is 10.6 Å². The number of hydrogen-bond donors (Lipinski definition) is 1. The van der Waals surface area contributed by atoms with Gasteiger partial charge in [0.2, 0.25) is 5.91 Å². The Labute approximate surface area is 119 Å². The first-order chi connectivity index (χ1) is 9.65. The summed E-state index contributed by atoms with van der Waals surface area (Å²) in [6.07, 6.45) is 2.21. The van der Waals surface area contributed by atoms with E-state index in [1.807, 2.05) is 17.0 Å². The molecule has 1 saturated carbocycles. The van der Waals surface area contributed by atoms with Crippen LogP contribution in [0.1, 0.15) is 25.3 Å². The fourth-order valence-corrected chi connectivity index (χ4v) is 2.57. The first-order valence-corrected chi connectivity index (χ1v) is 7.19. The van der Waals surface area contributed by atoms with Crippen LogP contribution in [0.15, 0.2) is 42.5 Å². The summed E-state index contributed by atoms with van der Waals surface area (Å²) in [4.78, 5) is 14.1. The average Bonchev–Trinajstić information content (AvgIpc) is 3.28.